The van der Waals surface area contributed by atoms with E-state index < -0.39 is 0 Å². The van der Waals surface area contributed by atoms with Crippen molar-refractivity contribution in [2.45, 2.75) is 45.4 Å². The topological polar surface area (TPSA) is 17.1 Å². The van der Waals surface area contributed by atoms with Crippen molar-refractivity contribution in [2.75, 3.05) is 0 Å². The van der Waals surface area contributed by atoms with Gasteiger partial charge in [-0.05, 0) is 44.9 Å². The molecule has 2 fully saturated rings. The van der Waals surface area contributed by atoms with Crippen LogP contribution in [-0.4, -0.2) is 5.78 Å². The molecule has 1 radical (unpaired) electrons. The van der Waals surface area contributed by atoms with Crippen LogP contribution in [0.3, 0.4) is 0 Å². The molecule has 67 valence electrons. The Labute approximate surface area is 74.5 Å². The Morgan fingerprint density at radius 2 is 1.83 bits per heavy atom. The summed E-state index contributed by atoms with van der Waals surface area (Å²) < 4.78 is 0. The maximum Gasteiger partial charge on any atom is 0.136 e. The van der Waals surface area contributed by atoms with Gasteiger partial charge in [0.05, 0.1) is 0 Å². The predicted molar refractivity (Wildman–Crippen MR) is 48.6 cm³/mol. The molecule has 1 heteroatoms. The first-order chi connectivity index (χ1) is 5.61. The molecule has 0 saturated heterocycles. The fraction of sp³-hybridized carbons (Fsp3) is 0.818. The highest BCUT2D eigenvalue weighted by molar-refractivity contribution is 5.84. The van der Waals surface area contributed by atoms with Crippen LogP contribution in [0.5, 0.6) is 0 Å². The Morgan fingerprint density at radius 1 is 1.17 bits per heavy atom. The number of rotatable bonds is 1. The summed E-state index contributed by atoms with van der Waals surface area (Å²) in [6, 6.07) is 0. The van der Waals surface area contributed by atoms with Gasteiger partial charge in [-0.1, -0.05) is 12.8 Å². The molecule has 0 bridgehead atoms. The molecule has 0 N–H and O–H groups in total. The first-order valence-electron chi connectivity index (χ1n) is 4.97. The summed E-state index contributed by atoms with van der Waals surface area (Å²) in [4.78, 5) is 11.5. The van der Waals surface area contributed by atoms with E-state index in [1.54, 1.807) is 6.92 Å². The van der Waals surface area contributed by atoms with Crippen LogP contribution in [-0.2, 0) is 4.79 Å². The van der Waals surface area contributed by atoms with Crippen LogP contribution < -0.4 is 0 Å². The number of carbonyl (C=O) groups is 1. The number of fused-ring (bicyclic) bond motifs is 1. The molecule has 0 aromatic heterocycles. The summed E-state index contributed by atoms with van der Waals surface area (Å²) in [5.41, 5.74) is 0.141. The molecular weight excluding hydrogens is 148 g/mol. The summed E-state index contributed by atoms with van der Waals surface area (Å²) >= 11 is 0. The fourth-order valence-electron chi connectivity index (χ4n) is 3.15. The molecule has 12 heavy (non-hydrogen) atoms. The zero-order valence-corrected chi connectivity index (χ0v) is 7.86. The largest absolute Gasteiger partial charge is 0.299 e. The normalized spacial score (nSPS) is 46.2. The molecule has 2 saturated carbocycles. The first kappa shape index (κ1) is 8.28. The Balaban J connectivity index is 2.28. The number of ketones is 1. The first-order valence-corrected chi connectivity index (χ1v) is 4.97. The van der Waals surface area contributed by atoms with Gasteiger partial charge in [-0.15, -0.1) is 0 Å². The lowest BCUT2D eigenvalue weighted by Gasteiger charge is -2.59. The Bertz CT molecular complexity index is 221. The lowest BCUT2D eigenvalue weighted by Crippen LogP contribution is -2.55. The summed E-state index contributed by atoms with van der Waals surface area (Å²) in [5, 5.41) is 0. The highest BCUT2D eigenvalue weighted by Gasteiger charge is 2.59. The van der Waals surface area contributed by atoms with E-state index in [9.17, 15) is 4.79 Å². The molecule has 0 aromatic carbocycles. The Morgan fingerprint density at radius 3 is 2.17 bits per heavy atom. The number of carbonyl (C=O) groups excluding carboxylic acids is 1. The van der Waals surface area contributed by atoms with Gasteiger partial charge in [-0.25, -0.2) is 0 Å². The maximum absolute atomic E-state index is 11.5. The van der Waals surface area contributed by atoms with Crippen molar-refractivity contribution in [3.05, 3.63) is 6.92 Å². The average molecular weight is 165 g/mol. The van der Waals surface area contributed by atoms with E-state index in [-0.39, 0.29) is 10.8 Å². The number of hydrogen-bond acceptors (Lipinski definition) is 1. The quantitative estimate of drug-likeness (QED) is 0.584. The van der Waals surface area contributed by atoms with Crippen LogP contribution in [0, 0.1) is 17.8 Å². The summed E-state index contributed by atoms with van der Waals surface area (Å²) in [6.07, 6.45) is 7.06. The average Bonchev–Trinajstić information content (AvgIpc) is 1.99. The van der Waals surface area contributed by atoms with Crippen LogP contribution in [0.1, 0.15) is 45.4 Å². The molecule has 2 rings (SSSR count). The summed E-state index contributed by atoms with van der Waals surface area (Å²) in [6.45, 7) is 6.02. The molecule has 2 aliphatic rings. The Kier molecular flexibility index (Phi) is 1.61. The van der Waals surface area contributed by atoms with E-state index in [1.807, 2.05) is 0 Å². The van der Waals surface area contributed by atoms with Gasteiger partial charge in [0, 0.05) is 5.41 Å². The van der Waals surface area contributed by atoms with Crippen LogP contribution in [0.25, 0.3) is 0 Å². The van der Waals surface area contributed by atoms with Crippen molar-refractivity contribution in [1.29, 1.82) is 0 Å². The molecule has 0 amide bonds. The maximum atomic E-state index is 11.5. The molecule has 0 unspecified atom stereocenters. The van der Waals surface area contributed by atoms with Gasteiger partial charge < -0.3 is 0 Å². The second-order valence-corrected chi connectivity index (χ2v) is 4.63. The minimum Gasteiger partial charge on any atom is -0.299 e. The van der Waals surface area contributed by atoms with E-state index >= 15 is 0 Å². The molecule has 0 aromatic rings. The molecule has 0 aliphatic heterocycles. The highest BCUT2D eigenvalue weighted by Crippen LogP contribution is 2.64. The fourth-order valence-corrected chi connectivity index (χ4v) is 3.15. The second kappa shape index (κ2) is 2.34. The van der Waals surface area contributed by atoms with Gasteiger partial charge in [-0.3, -0.25) is 4.79 Å². The molecule has 2 atom stereocenters. The highest BCUT2D eigenvalue weighted by atomic mass is 16.1. The molecule has 2 aliphatic carbocycles. The van der Waals surface area contributed by atoms with Crippen molar-refractivity contribution in [2.24, 2.45) is 10.8 Å². The van der Waals surface area contributed by atoms with Gasteiger partial charge in [0.15, 0.2) is 0 Å². The third kappa shape index (κ3) is 0.773. The van der Waals surface area contributed by atoms with E-state index in [4.69, 9.17) is 0 Å². The summed E-state index contributed by atoms with van der Waals surface area (Å²) in [7, 11) is 0. The molecule has 1 nitrogen and oxygen atoms in total. The van der Waals surface area contributed by atoms with Crippen LogP contribution in [0.4, 0.5) is 0 Å². The third-order valence-electron chi connectivity index (χ3n) is 4.23. The lowest BCUT2D eigenvalue weighted by atomic mass is 9.43. The lowest BCUT2D eigenvalue weighted by molar-refractivity contribution is -0.152. The van der Waals surface area contributed by atoms with Crippen molar-refractivity contribution in [3.8, 4) is 0 Å². The van der Waals surface area contributed by atoms with Crippen molar-refractivity contribution in [3.63, 3.8) is 0 Å². The molecular formula is C11H17O. The SMILES string of the molecule is [CH2][C@]12CCCC[C@@]1(C(C)=O)CC2. The van der Waals surface area contributed by atoms with Crippen LogP contribution in [0.15, 0.2) is 0 Å². The smallest absolute Gasteiger partial charge is 0.136 e. The van der Waals surface area contributed by atoms with E-state index in [0.29, 0.717) is 5.78 Å². The van der Waals surface area contributed by atoms with E-state index in [2.05, 4.69) is 6.92 Å². The Hall–Kier alpha value is -0.330. The van der Waals surface area contributed by atoms with Gasteiger partial charge >= 0.3 is 0 Å². The minimum atomic E-state index is 0.00521. The zero-order chi connectivity index (χ0) is 8.82. The zero-order valence-electron chi connectivity index (χ0n) is 7.86. The van der Waals surface area contributed by atoms with E-state index in [0.717, 1.165) is 12.8 Å². The molecule has 0 spiro atoms. The van der Waals surface area contributed by atoms with Gasteiger partial charge in [0.1, 0.15) is 5.78 Å². The minimum absolute atomic E-state index is 0.00521. The van der Waals surface area contributed by atoms with Crippen molar-refractivity contribution >= 4 is 5.78 Å². The monoisotopic (exact) mass is 165 g/mol. The van der Waals surface area contributed by atoms with Gasteiger partial charge in [-0.2, -0.15) is 0 Å². The third-order valence-corrected chi connectivity index (χ3v) is 4.23. The van der Waals surface area contributed by atoms with Crippen molar-refractivity contribution in [1.82, 2.24) is 0 Å². The van der Waals surface area contributed by atoms with Gasteiger partial charge in [0.2, 0.25) is 0 Å². The summed E-state index contributed by atoms with van der Waals surface area (Å²) in [5.74, 6) is 0.392. The van der Waals surface area contributed by atoms with Crippen molar-refractivity contribution < 1.29 is 4.79 Å². The standard InChI is InChI=1S/C11H17O/c1-9(12)11-6-4-3-5-10(11,2)7-8-11/h2-8H2,1H3/t10-,11+/m1/s1. The van der Waals surface area contributed by atoms with Gasteiger partial charge in [0.25, 0.3) is 0 Å². The van der Waals surface area contributed by atoms with E-state index in [1.165, 1.54) is 25.7 Å². The van der Waals surface area contributed by atoms with Crippen LogP contribution >= 0.6 is 0 Å². The molecule has 0 heterocycles. The van der Waals surface area contributed by atoms with Crippen LogP contribution in [0.2, 0.25) is 0 Å². The second-order valence-electron chi connectivity index (χ2n) is 4.63. The number of Topliss-reactive ketones (excluding diaryl/α,β-unsaturated/α-hetero) is 1. The predicted octanol–water partition coefficient (Wildman–Crippen LogP) is 2.75. The number of hydrogen-bond donors (Lipinski definition) is 0.